The molecule has 4 rings (SSSR count). The first-order valence-electron chi connectivity index (χ1n) is 7.77. The van der Waals surface area contributed by atoms with Crippen LogP contribution < -0.4 is 4.90 Å². The highest BCUT2D eigenvalue weighted by Gasteiger charge is 2.34. The number of carboxylic acid groups (broad SMARTS) is 1. The predicted molar refractivity (Wildman–Crippen MR) is 85.9 cm³/mol. The summed E-state index contributed by atoms with van der Waals surface area (Å²) >= 11 is 0. The number of nitrogens with zero attached hydrogens (tertiary/aromatic N) is 4. The van der Waals surface area contributed by atoms with E-state index in [1.54, 1.807) is 29.2 Å². The average molecular weight is 344 g/mol. The number of hydrogen-bond acceptors (Lipinski definition) is 4. The Morgan fingerprint density at radius 1 is 1.28 bits per heavy atom. The van der Waals surface area contributed by atoms with Gasteiger partial charge >= 0.3 is 5.97 Å². The van der Waals surface area contributed by atoms with Crippen LogP contribution in [0, 0.1) is 5.82 Å². The molecule has 128 valence electrons. The molecule has 0 amide bonds. The molecule has 6 nitrogen and oxygen atoms in total. The van der Waals surface area contributed by atoms with E-state index in [-0.39, 0.29) is 30.5 Å². The van der Waals surface area contributed by atoms with Crippen molar-refractivity contribution < 1.29 is 18.7 Å². The van der Waals surface area contributed by atoms with Gasteiger partial charge in [-0.15, -0.1) is 5.10 Å². The van der Waals surface area contributed by atoms with Crippen LogP contribution in [-0.2, 0) is 0 Å². The Hall–Kier alpha value is -3.03. The van der Waals surface area contributed by atoms with Gasteiger partial charge in [0.1, 0.15) is 17.8 Å². The van der Waals surface area contributed by atoms with Gasteiger partial charge in [0.15, 0.2) is 11.3 Å². The maximum Gasteiger partial charge on any atom is 0.356 e. The Morgan fingerprint density at radius 2 is 2.12 bits per heavy atom. The highest BCUT2D eigenvalue weighted by atomic mass is 19.1. The Balaban J connectivity index is 1.77. The lowest BCUT2D eigenvalue weighted by molar-refractivity contribution is 0.0688. The molecule has 25 heavy (non-hydrogen) atoms. The largest absolute Gasteiger partial charge is 0.476 e. The number of carbonyl (C=O) groups is 1. The topological polar surface area (TPSA) is 70.7 Å². The number of rotatable bonds is 3. The molecule has 8 heteroatoms. The van der Waals surface area contributed by atoms with E-state index in [0.717, 1.165) is 0 Å². The fraction of sp³-hybridized carbons (Fsp3) is 0.235. The number of aromatic nitrogens is 3. The van der Waals surface area contributed by atoms with Gasteiger partial charge < -0.3 is 10.0 Å². The molecule has 2 aromatic heterocycles. The van der Waals surface area contributed by atoms with Gasteiger partial charge in [-0.2, -0.15) is 0 Å². The Morgan fingerprint density at radius 3 is 2.88 bits per heavy atom. The quantitative estimate of drug-likeness (QED) is 0.791. The van der Waals surface area contributed by atoms with Crippen molar-refractivity contribution in [2.45, 2.75) is 18.6 Å². The van der Waals surface area contributed by atoms with Gasteiger partial charge in [-0.1, -0.05) is 12.1 Å². The Bertz CT molecular complexity index is 959. The van der Waals surface area contributed by atoms with Crippen LogP contribution in [-0.4, -0.2) is 38.4 Å². The standard InChI is InChI=1S/C17H14F2N4O2/c18-11-3-1-2-10(6-11)13-7-12(19)9-22(13)16-5-4-15-20-8-14(17(24)25)23(15)21-16/h1-6,8,12-13H,7,9H2,(H,24,25)/t12-,13+/m0/s1. The molecule has 3 aromatic rings. The van der Waals surface area contributed by atoms with Crippen molar-refractivity contribution in [3.63, 3.8) is 0 Å². The van der Waals surface area contributed by atoms with Crippen LogP contribution in [0.2, 0.25) is 0 Å². The van der Waals surface area contributed by atoms with E-state index in [4.69, 9.17) is 0 Å². The van der Waals surface area contributed by atoms with Crippen molar-refractivity contribution in [2.24, 2.45) is 0 Å². The fourth-order valence-electron chi connectivity index (χ4n) is 3.23. The molecule has 0 spiro atoms. The zero-order chi connectivity index (χ0) is 17.6. The van der Waals surface area contributed by atoms with E-state index in [9.17, 15) is 18.7 Å². The van der Waals surface area contributed by atoms with Gasteiger partial charge in [0.25, 0.3) is 0 Å². The molecule has 0 radical (unpaired) electrons. The highest BCUT2D eigenvalue weighted by Crippen LogP contribution is 2.36. The first kappa shape index (κ1) is 15.5. The van der Waals surface area contributed by atoms with Crippen LogP contribution in [0.3, 0.4) is 0 Å². The van der Waals surface area contributed by atoms with Crippen LogP contribution in [0.15, 0.2) is 42.6 Å². The van der Waals surface area contributed by atoms with Crippen LogP contribution in [0.1, 0.15) is 28.5 Å². The molecule has 1 fully saturated rings. The van der Waals surface area contributed by atoms with Crippen molar-refractivity contribution in [1.29, 1.82) is 0 Å². The molecule has 0 aliphatic carbocycles. The third kappa shape index (κ3) is 2.69. The van der Waals surface area contributed by atoms with Crippen molar-refractivity contribution in [2.75, 3.05) is 11.4 Å². The lowest BCUT2D eigenvalue weighted by atomic mass is 10.0. The number of halogens is 2. The molecule has 1 N–H and O–H groups in total. The Kier molecular flexibility index (Phi) is 3.60. The Labute approximate surface area is 141 Å². The molecule has 1 aliphatic heterocycles. The molecule has 0 saturated carbocycles. The molecule has 2 atom stereocenters. The third-order valence-corrected chi connectivity index (χ3v) is 4.35. The molecular weight excluding hydrogens is 330 g/mol. The number of alkyl halides is 1. The van der Waals surface area contributed by atoms with Crippen molar-refractivity contribution >= 4 is 17.4 Å². The SMILES string of the molecule is O=C(O)c1cnc2ccc(N3C[C@@H](F)C[C@@H]3c3cccc(F)c3)nn12. The average Bonchev–Trinajstić information content (AvgIpc) is 3.17. The predicted octanol–water partition coefficient (Wildman–Crippen LogP) is 2.86. The second-order valence-corrected chi connectivity index (χ2v) is 5.97. The summed E-state index contributed by atoms with van der Waals surface area (Å²) in [5.74, 6) is -1.11. The second kappa shape index (κ2) is 5.80. The molecule has 1 aromatic carbocycles. The fourth-order valence-corrected chi connectivity index (χ4v) is 3.23. The van der Waals surface area contributed by atoms with E-state index in [1.165, 1.54) is 22.8 Å². The summed E-state index contributed by atoms with van der Waals surface area (Å²) in [4.78, 5) is 17.0. The van der Waals surface area contributed by atoms with E-state index in [0.29, 0.717) is 17.0 Å². The number of carboxylic acids is 1. The molecule has 0 bridgehead atoms. The van der Waals surface area contributed by atoms with E-state index < -0.39 is 12.1 Å². The summed E-state index contributed by atoms with van der Waals surface area (Å²) < 4.78 is 28.8. The molecular formula is C17H14F2N4O2. The van der Waals surface area contributed by atoms with Gasteiger partial charge in [-0.3, -0.25) is 0 Å². The summed E-state index contributed by atoms with van der Waals surface area (Å²) in [6, 6.07) is 8.98. The number of imidazole rings is 1. The monoisotopic (exact) mass is 344 g/mol. The normalized spacial score (nSPS) is 20.3. The van der Waals surface area contributed by atoms with Gasteiger partial charge in [0.2, 0.25) is 0 Å². The molecule has 0 unspecified atom stereocenters. The zero-order valence-corrected chi connectivity index (χ0v) is 13.0. The van der Waals surface area contributed by atoms with E-state index in [1.807, 2.05) is 0 Å². The maximum absolute atomic E-state index is 14.1. The summed E-state index contributed by atoms with van der Waals surface area (Å²) in [5.41, 5.74) is 0.973. The third-order valence-electron chi connectivity index (χ3n) is 4.35. The first-order valence-corrected chi connectivity index (χ1v) is 7.77. The number of aromatic carboxylic acids is 1. The number of fused-ring (bicyclic) bond motifs is 1. The summed E-state index contributed by atoms with van der Waals surface area (Å²) in [6.45, 7) is 0.108. The van der Waals surface area contributed by atoms with Gasteiger partial charge in [0, 0.05) is 6.42 Å². The van der Waals surface area contributed by atoms with E-state index >= 15 is 0 Å². The second-order valence-electron chi connectivity index (χ2n) is 5.97. The van der Waals surface area contributed by atoms with Crippen LogP contribution in [0.5, 0.6) is 0 Å². The molecule has 1 aliphatic rings. The maximum atomic E-state index is 14.1. The number of hydrogen-bond donors (Lipinski definition) is 1. The lowest BCUT2D eigenvalue weighted by Gasteiger charge is -2.25. The van der Waals surface area contributed by atoms with Gasteiger partial charge in [-0.25, -0.2) is 23.1 Å². The minimum Gasteiger partial charge on any atom is -0.476 e. The minimum absolute atomic E-state index is 0.0739. The van der Waals surface area contributed by atoms with Crippen LogP contribution >= 0.6 is 0 Å². The van der Waals surface area contributed by atoms with Crippen molar-refractivity contribution in [3.05, 3.63) is 59.7 Å². The van der Waals surface area contributed by atoms with Crippen molar-refractivity contribution in [1.82, 2.24) is 14.6 Å². The minimum atomic E-state index is -1.15. The van der Waals surface area contributed by atoms with Crippen LogP contribution in [0.25, 0.3) is 5.65 Å². The molecule has 3 heterocycles. The highest BCUT2D eigenvalue weighted by molar-refractivity contribution is 5.86. The van der Waals surface area contributed by atoms with Crippen LogP contribution in [0.4, 0.5) is 14.6 Å². The summed E-state index contributed by atoms with van der Waals surface area (Å²) in [5, 5.41) is 13.5. The summed E-state index contributed by atoms with van der Waals surface area (Å²) in [7, 11) is 0. The molecule has 1 saturated heterocycles. The number of benzene rings is 1. The smallest absolute Gasteiger partial charge is 0.356 e. The zero-order valence-electron chi connectivity index (χ0n) is 13.0. The van der Waals surface area contributed by atoms with Gasteiger partial charge in [-0.05, 0) is 29.8 Å². The van der Waals surface area contributed by atoms with Gasteiger partial charge in [0.05, 0.1) is 18.8 Å². The van der Waals surface area contributed by atoms with Crippen molar-refractivity contribution in [3.8, 4) is 0 Å². The number of anilines is 1. The lowest BCUT2D eigenvalue weighted by Crippen LogP contribution is -2.25. The first-order chi connectivity index (χ1) is 12.0. The van der Waals surface area contributed by atoms with E-state index in [2.05, 4.69) is 10.1 Å². The summed E-state index contributed by atoms with van der Waals surface area (Å²) in [6.07, 6.45) is 0.367.